The number of nitrogens with zero attached hydrogens (tertiary/aromatic N) is 7. The van der Waals surface area contributed by atoms with Crippen LogP contribution in [0.25, 0.3) is 21.8 Å². The summed E-state index contributed by atoms with van der Waals surface area (Å²) in [5, 5.41) is 61.1. The number of hydrogen-bond acceptors (Lipinski definition) is 26. The van der Waals surface area contributed by atoms with E-state index in [1.54, 1.807) is 129 Å². The van der Waals surface area contributed by atoms with Crippen molar-refractivity contribution in [2.45, 2.75) is 224 Å². The van der Waals surface area contributed by atoms with E-state index in [0.717, 1.165) is 42.2 Å². The third kappa shape index (κ3) is 30.5. The summed E-state index contributed by atoms with van der Waals surface area (Å²) in [6.07, 6.45) is -2.10. The molecule has 11 rings (SSSR count). The molecule has 10 bridgehead atoms. The lowest BCUT2D eigenvalue weighted by molar-refractivity contribution is -0.143. The van der Waals surface area contributed by atoms with Crippen molar-refractivity contribution in [2.24, 2.45) is 23.3 Å². The summed E-state index contributed by atoms with van der Waals surface area (Å²) in [5.41, 5.74) is 16.3. The molecule has 750 valence electrons. The number of aliphatic hydroxyl groups is 1. The lowest BCUT2D eigenvalue weighted by Gasteiger charge is -2.32. The quantitative estimate of drug-likeness (QED) is 0.0611. The summed E-state index contributed by atoms with van der Waals surface area (Å²) >= 11 is 3.10. The van der Waals surface area contributed by atoms with Crippen LogP contribution in [-0.4, -0.2) is 293 Å². The number of benzene rings is 2. The van der Waals surface area contributed by atoms with Gasteiger partial charge in [0, 0.05) is 114 Å². The monoisotopic (exact) mass is 1990 g/mol. The molecule has 0 unspecified atom stereocenters. The number of amides is 16. The molecule has 7 aromatic rings. The molecule has 1 fully saturated rings. The number of aliphatic hydroxyl groups excluding tert-OH is 1. The predicted octanol–water partition coefficient (Wildman–Crippen LogP) is -0.564. The Labute approximate surface area is 818 Å². The fourth-order valence-corrected chi connectivity index (χ4v) is 19.2. The molecule has 13 atom stereocenters. The topological polar surface area (TPSA) is 636 Å². The molecule has 20 N–H and O–H groups in total. The smallest absolute Gasteiger partial charge is 0.305 e. The number of hydrogen-bond donors (Lipinski definition) is 18. The molecule has 0 saturated carbocycles. The van der Waals surface area contributed by atoms with Crippen LogP contribution in [0.15, 0.2) is 116 Å². The van der Waals surface area contributed by atoms with E-state index in [1.165, 1.54) is 40.4 Å². The van der Waals surface area contributed by atoms with Crippen LogP contribution >= 0.6 is 35.3 Å². The van der Waals surface area contributed by atoms with Crippen molar-refractivity contribution in [3.8, 4) is 0 Å². The molecule has 4 aliphatic rings. The summed E-state index contributed by atoms with van der Waals surface area (Å²) in [4.78, 5) is 288. The van der Waals surface area contributed by atoms with Gasteiger partial charge >= 0.3 is 11.9 Å². The van der Waals surface area contributed by atoms with Gasteiger partial charge in [0.1, 0.15) is 66.5 Å². The minimum absolute atomic E-state index is 0.0105. The first-order valence-corrected chi connectivity index (χ1v) is 49.6. The van der Waals surface area contributed by atoms with Crippen molar-refractivity contribution in [1.82, 2.24) is 103 Å². The summed E-state index contributed by atoms with van der Waals surface area (Å²) in [5.74, 6) is -20.3. The normalized spacial score (nSPS) is 23.6. The second kappa shape index (κ2) is 50.8. The Hall–Kier alpha value is -13.6. The number of nitrogens with one attached hydrogen (secondary N) is 13. The van der Waals surface area contributed by atoms with E-state index in [9.17, 15) is 72.9 Å². The van der Waals surface area contributed by atoms with Crippen molar-refractivity contribution in [1.29, 1.82) is 0 Å². The Kier molecular flexibility index (Phi) is 38.8. The number of carboxylic acid groups (broad SMARTS) is 2. The first-order chi connectivity index (χ1) is 66.8. The highest BCUT2D eigenvalue weighted by Gasteiger charge is 2.43. The molecule has 4 aliphatic heterocycles. The zero-order valence-electron chi connectivity index (χ0n) is 78.3. The fourth-order valence-electron chi connectivity index (χ4n) is 16.4. The van der Waals surface area contributed by atoms with Gasteiger partial charge in [0.05, 0.1) is 98.5 Å². The molecule has 9 heterocycles. The predicted molar refractivity (Wildman–Crippen MR) is 516 cm³/mol. The third-order valence-corrected chi connectivity index (χ3v) is 27.1. The number of nitrogens with two attached hydrogens (primary N) is 2. The van der Waals surface area contributed by atoms with Crippen LogP contribution in [0.2, 0.25) is 0 Å². The van der Waals surface area contributed by atoms with Gasteiger partial charge in [0.25, 0.3) is 0 Å². The van der Waals surface area contributed by atoms with E-state index in [0.29, 0.717) is 73.5 Å². The van der Waals surface area contributed by atoms with Crippen molar-refractivity contribution in [3.05, 3.63) is 161 Å². The highest BCUT2D eigenvalue weighted by Crippen LogP contribution is 2.27. The number of carbonyl (C=O) groups excluding carboxylic acids is 16. The second-order valence-electron chi connectivity index (χ2n) is 35.5. The Balaban J connectivity index is 0.996. The third-order valence-electron chi connectivity index (χ3n) is 23.9. The zero-order chi connectivity index (χ0) is 101. The number of pyridine rings is 3. The Morgan fingerprint density at radius 2 is 0.914 bits per heavy atom. The van der Waals surface area contributed by atoms with E-state index in [-0.39, 0.29) is 113 Å². The molecule has 140 heavy (non-hydrogen) atoms. The molecule has 43 nitrogen and oxygen atoms in total. The van der Waals surface area contributed by atoms with Gasteiger partial charge in [-0.3, -0.25) is 101 Å². The molecule has 5 aromatic heterocycles. The SMILES string of the molecule is CC(C)[C@@H]1NC(=O)[C@H](Cc2c[nH]c3ccccc23)NC(=O)[C@@H]2CSCCC(=O)N3Cc4cccc(n4)CN(Cc4cccc(n4)CN(Cc4cccc(n4)C3)C(=O)CCSC[C@H](NC(=O)[C@H](C)N)C(=O)N[C@@H]([C@@H](C)O)C(=O)N[C@@H](CCC(=O)O)C(=O)N2)C(=O)CCSC[C@@H](C(N)=O)NC(=O)[C@@H]2CCCN2C(=O)[C@H](C(C)C)NC(=O)[C@H](Cc2c[nH]c3ccccc23)NC(=O)CNC(=O)[C@H](CC(=O)O)NC1=O. The Morgan fingerprint density at radius 3 is 1.39 bits per heavy atom. The van der Waals surface area contributed by atoms with Crippen LogP contribution in [0.1, 0.15) is 138 Å². The minimum Gasteiger partial charge on any atom is -0.481 e. The lowest BCUT2D eigenvalue weighted by Crippen LogP contribution is -2.62. The number of carbonyl (C=O) groups is 18. The average Bonchev–Trinajstić information content (AvgIpc) is 1.65. The van der Waals surface area contributed by atoms with E-state index < -0.39 is 228 Å². The second-order valence-corrected chi connectivity index (χ2v) is 39.0. The van der Waals surface area contributed by atoms with Crippen LogP contribution in [0, 0.1) is 11.8 Å². The number of thioether (sulfide) groups is 3. The van der Waals surface area contributed by atoms with Crippen molar-refractivity contribution in [2.75, 3.05) is 47.6 Å². The Bertz CT molecular complexity index is 5720. The van der Waals surface area contributed by atoms with Gasteiger partial charge in [0.15, 0.2) is 0 Å². The zero-order valence-corrected chi connectivity index (χ0v) is 80.8. The van der Waals surface area contributed by atoms with Gasteiger partial charge < -0.3 is 115 Å². The van der Waals surface area contributed by atoms with Crippen LogP contribution < -0.4 is 70.0 Å². The number of rotatable bonds is 15. The number of aliphatic carboxylic acids is 2. The van der Waals surface area contributed by atoms with Gasteiger partial charge in [-0.15, -0.1) is 0 Å². The van der Waals surface area contributed by atoms with E-state index in [2.05, 4.69) is 68.5 Å². The maximum Gasteiger partial charge on any atom is 0.305 e. The van der Waals surface area contributed by atoms with Gasteiger partial charge in [0.2, 0.25) is 94.5 Å². The summed E-state index contributed by atoms with van der Waals surface area (Å²) in [7, 11) is 0. The van der Waals surface area contributed by atoms with Crippen LogP contribution in [0.4, 0.5) is 0 Å². The molecular weight excluding hydrogens is 1870 g/mol. The lowest BCUT2D eigenvalue weighted by atomic mass is 9.99. The molecule has 0 radical (unpaired) electrons. The molecule has 0 spiro atoms. The summed E-state index contributed by atoms with van der Waals surface area (Å²) in [6.45, 7) is 6.91. The molecule has 16 amide bonds. The number of H-pyrrole nitrogens is 2. The maximum absolute atomic E-state index is 15.7. The standard InChI is InChI=1S/C94H120N22O21S3/c1-50(2)80-92(135)106-69(37-79(124)125)85(128)99-40-74(118)103-67(35-54-38-97-64-23-9-7-21-62(54)64)87(130)111-81(51(3)4)94(137)116-31-14-25-73(116)91(134)107-70(83(96)126)47-138-32-28-75(119)113-41-56-15-11-17-58(100-56)43-114-44-59-19-13-20-61(102-59)46-115(45-60-18-12-16-57(42-113)101-60)77(121)30-34-140-49-72(108-84(127)52(5)95)90(133)112-82(53(6)117)93(136)104-66(26-27-78(122)123)86(129)109-71(48-139-33-29-76(114)120)89(132)105-68(88(131)110-80)36-55-39-98-65-24-10-8-22-63(55)65/h7-13,15-24,38-39,50-53,66-73,80-82,97-98,117H,14,25-37,40-49,95H2,1-6H3,(H2,96,126)(H,99,128)(H,103,118)(H,104,136)(H,105,132)(H,106,135)(H,107,134)(H,108,127)(H,109,129)(H,110,131)(H,111,130)(H,112,133)(H,122,123)(H,124,125)/t52-,53+,66-,67-,68-,69-,70-,71-,72-,73-,80-,81-,82-/m0/s1. The fraction of sp³-hybridized carbons (Fsp3) is 0.479. The number of para-hydroxylation sites is 2. The molecule has 0 aliphatic carbocycles. The number of carboxylic acids is 2. The number of aromatic nitrogens is 5. The van der Waals surface area contributed by atoms with E-state index >= 15 is 28.8 Å². The molecule has 46 heteroatoms. The van der Waals surface area contributed by atoms with Crippen molar-refractivity contribution >= 4 is 164 Å². The molecule has 1 saturated heterocycles. The van der Waals surface area contributed by atoms with Gasteiger partial charge in [-0.1, -0.05) is 82.3 Å². The first kappa shape index (κ1) is 107. The summed E-state index contributed by atoms with van der Waals surface area (Å²) in [6, 6.07) is 9.87. The van der Waals surface area contributed by atoms with Crippen LogP contribution in [0.3, 0.4) is 0 Å². The number of fused-ring (bicyclic) bond motifs is 12. The molecule has 2 aromatic carbocycles. The van der Waals surface area contributed by atoms with E-state index in [4.69, 9.17) is 26.4 Å². The van der Waals surface area contributed by atoms with Gasteiger partial charge in [-0.05, 0) is 105 Å². The van der Waals surface area contributed by atoms with Crippen LogP contribution in [-0.2, 0) is 138 Å². The number of aromatic amines is 2. The van der Waals surface area contributed by atoms with Crippen LogP contribution in [0.5, 0.6) is 0 Å². The first-order valence-electron chi connectivity index (χ1n) is 46.1. The average molecular weight is 1990 g/mol. The van der Waals surface area contributed by atoms with Gasteiger partial charge in [-0.25, -0.2) is 0 Å². The highest BCUT2D eigenvalue weighted by molar-refractivity contribution is 7.99. The minimum atomic E-state index is -1.99. The largest absolute Gasteiger partial charge is 0.481 e. The van der Waals surface area contributed by atoms with E-state index in [1.807, 2.05) is 0 Å². The highest BCUT2D eigenvalue weighted by atomic mass is 32.2. The van der Waals surface area contributed by atoms with Crippen molar-refractivity contribution < 1.29 is 102 Å². The Morgan fingerprint density at radius 1 is 0.471 bits per heavy atom. The summed E-state index contributed by atoms with van der Waals surface area (Å²) < 4.78 is 0. The van der Waals surface area contributed by atoms with Gasteiger partial charge in [-0.2, -0.15) is 35.3 Å². The van der Waals surface area contributed by atoms with Crippen molar-refractivity contribution in [3.63, 3.8) is 0 Å². The maximum atomic E-state index is 15.7. The number of primary amides is 1. The molecular formula is C94H120N22O21S3.